The smallest absolute Gasteiger partial charge is 0.330 e. The van der Waals surface area contributed by atoms with E-state index in [1.807, 2.05) is 0 Å². The molecule has 0 radical (unpaired) electrons. The van der Waals surface area contributed by atoms with Crippen molar-refractivity contribution in [1.29, 1.82) is 0 Å². The van der Waals surface area contributed by atoms with Gasteiger partial charge in [-0.1, -0.05) is 0 Å². The minimum atomic E-state index is -0.597. The van der Waals surface area contributed by atoms with Crippen LogP contribution in [0.25, 0.3) is 0 Å². The van der Waals surface area contributed by atoms with E-state index in [0.29, 0.717) is 0 Å². The zero-order chi connectivity index (χ0) is 12.0. The number of carbonyl (C=O) groups excluding carboxylic acids is 1. The first kappa shape index (κ1) is 11.9. The van der Waals surface area contributed by atoms with Gasteiger partial charge in [-0.2, -0.15) is 0 Å². The van der Waals surface area contributed by atoms with Crippen LogP contribution in [0.15, 0.2) is 18.3 Å². The van der Waals surface area contributed by atoms with E-state index in [2.05, 4.69) is 9.72 Å². The fourth-order valence-electron chi connectivity index (χ4n) is 0.966. The molecule has 0 amide bonds. The standard InChI is InChI=1S/C9H10N2O5/c1-15-8(12)4-6-16-9-7(11(13)14)3-2-5-10-9/h2-3,5H,4,6H2,1H3. The molecular formula is C9H10N2O5. The minimum Gasteiger partial charge on any atom is -0.472 e. The fourth-order valence-corrected chi connectivity index (χ4v) is 0.966. The number of nitrogens with zero attached hydrogens (tertiary/aromatic N) is 2. The van der Waals surface area contributed by atoms with Crippen molar-refractivity contribution in [2.75, 3.05) is 13.7 Å². The molecule has 0 N–H and O–H groups in total. The highest BCUT2D eigenvalue weighted by Gasteiger charge is 2.15. The lowest BCUT2D eigenvalue weighted by Gasteiger charge is -2.04. The van der Waals surface area contributed by atoms with Gasteiger partial charge in [-0.25, -0.2) is 4.98 Å². The third-order valence-corrected chi connectivity index (χ3v) is 1.72. The van der Waals surface area contributed by atoms with Crippen molar-refractivity contribution in [2.24, 2.45) is 0 Å². The van der Waals surface area contributed by atoms with Crippen molar-refractivity contribution in [3.63, 3.8) is 0 Å². The van der Waals surface area contributed by atoms with Gasteiger partial charge in [0.2, 0.25) is 0 Å². The number of pyridine rings is 1. The van der Waals surface area contributed by atoms with Gasteiger partial charge in [-0.15, -0.1) is 0 Å². The number of methoxy groups -OCH3 is 1. The Kier molecular flexibility index (Phi) is 4.19. The Morgan fingerprint density at radius 2 is 2.38 bits per heavy atom. The van der Waals surface area contributed by atoms with Crippen LogP contribution in [0.2, 0.25) is 0 Å². The van der Waals surface area contributed by atoms with Crippen LogP contribution in [-0.4, -0.2) is 29.6 Å². The summed E-state index contributed by atoms with van der Waals surface area (Å²) in [7, 11) is 1.26. The van der Waals surface area contributed by atoms with E-state index in [4.69, 9.17) is 4.74 Å². The summed E-state index contributed by atoms with van der Waals surface area (Å²) in [6, 6.07) is 2.71. The second kappa shape index (κ2) is 5.64. The van der Waals surface area contributed by atoms with E-state index in [9.17, 15) is 14.9 Å². The molecule has 1 aromatic rings. The molecule has 7 heteroatoms. The molecule has 86 valence electrons. The maximum Gasteiger partial charge on any atom is 0.330 e. The molecule has 0 saturated heterocycles. The van der Waals surface area contributed by atoms with Gasteiger partial charge in [0.05, 0.1) is 18.5 Å². The summed E-state index contributed by atoms with van der Waals surface area (Å²) >= 11 is 0. The van der Waals surface area contributed by atoms with Crippen LogP contribution in [0.1, 0.15) is 6.42 Å². The minimum absolute atomic E-state index is 0.00940. The van der Waals surface area contributed by atoms with E-state index >= 15 is 0 Å². The monoisotopic (exact) mass is 226 g/mol. The molecule has 0 spiro atoms. The first-order chi connectivity index (χ1) is 7.65. The number of hydrogen-bond acceptors (Lipinski definition) is 6. The molecule has 0 aliphatic rings. The molecule has 0 aromatic carbocycles. The van der Waals surface area contributed by atoms with Crippen molar-refractivity contribution < 1.29 is 19.2 Å². The Bertz CT molecular complexity index is 393. The lowest BCUT2D eigenvalue weighted by atomic mass is 10.4. The molecule has 0 unspecified atom stereocenters. The molecule has 0 saturated carbocycles. The first-order valence-electron chi connectivity index (χ1n) is 4.44. The molecule has 0 aliphatic carbocycles. The van der Waals surface area contributed by atoms with Crippen molar-refractivity contribution in [1.82, 2.24) is 4.98 Å². The number of aromatic nitrogens is 1. The average molecular weight is 226 g/mol. The molecule has 16 heavy (non-hydrogen) atoms. The highest BCUT2D eigenvalue weighted by molar-refractivity contribution is 5.69. The number of nitro groups is 1. The molecule has 1 heterocycles. The largest absolute Gasteiger partial charge is 0.472 e. The Morgan fingerprint density at radius 3 is 3.00 bits per heavy atom. The van der Waals surface area contributed by atoms with Gasteiger partial charge < -0.3 is 9.47 Å². The molecule has 0 bridgehead atoms. The molecule has 0 fully saturated rings. The molecular weight excluding hydrogens is 216 g/mol. The quantitative estimate of drug-likeness (QED) is 0.421. The molecule has 1 aromatic heterocycles. The van der Waals surface area contributed by atoms with Gasteiger partial charge in [0.15, 0.2) is 0 Å². The van der Waals surface area contributed by atoms with Crippen molar-refractivity contribution in [3.05, 3.63) is 28.4 Å². The van der Waals surface area contributed by atoms with E-state index in [1.54, 1.807) is 0 Å². The van der Waals surface area contributed by atoms with E-state index < -0.39 is 10.9 Å². The molecule has 0 aliphatic heterocycles. The summed E-state index contributed by atoms with van der Waals surface area (Å²) < 4.78 is 9.41. The summed E-state index contributed by atoms with van der Waals surface area (Å²) in [6.07, 6.45) is 1.39. The van der Waals surface area contributed by atoms with Crippen molar-refractivity contribution in [3.8, 4) is 5.88 Å². The van der Waals surface area contributed by atoms with Crippen LogP contribution in [-0.2, 0) is 9.53 Å². The number of rotatable bonds is 5. The highest BCUT2D eigenvalue weighted by Crippen LogP contribution is 2.22. The third-order valence-electron chi connectivity index (χ3n) is 1.72. The van der Waals surface area contributed by atoms with Crippen molar-refractivity contribution >= 4 is 11.7 Å². The van der Waals surface area contributed by atoms with Crippen LogP contribution in [0.5, 0.6) is 5.88 Å². The molecule has 1 rings (SSSR count). The zero-order valence-electron chi connectivity index (χ0n) is 8.58. The van der Waals surface area contributed by atoms with Crippen LogP contribution in [0.4, 0.5) is 5.69 Å². The van der Waals surface area contributed by atoms with E-state index in [1.165, 1.54) is 25.4 Å². The summed E-state index contributed by atoms with van der Waals surface area (Å²) in [4.78, 5) is 24.4. The van der Waals surface area contributed by atoms with Gasteiger partial charge in [-0.3, -0.25) is 14.9 Å². The summed E-state index contributed by atoms with van der Waals surface area (Å²) in [5, 5.41) is 10.6. The predicted molar refractivity (Wildman–Crippen MR) is 53.0 cm³/mol. The van der Waals surface area contributed by atoms with Crippen LogP contribution < -0.4 is 4.74 Å². The summed E-state index contributed by atoms with van der Waals surface area (Å²) in [5.41, 5.74) is -0.229. The van der Waals surface area contributed by atoms with Gasteiger partial charge in [-0.05, 0) is 6.07 Å². The predicted octanol–water partition coefficient (Wildman–Crippen LogP) is 0.932. The Morgan fingerprint density at radius 1 is 1.62 bits per heavy atom. The zero-order valence-corrected chi connectivity index (χ0v) is 8.58. The van der Waals surface area contributed by atoms with Crippen LogP contribution in [0.3, 0.4) is 0 Å². The highest BCUT2D eigenvalue weighted by atomic mass is 16.6. The van der Waals surface area contributed by atoms with Crippen molar-refractivity contribution in [2.45, 2.75) is 6.42 Å². The van der Waals surface area contributed by atoms with E-state index in [0.717, 1.165) is 0 Å². The number of esters is 1. The number of carbonyl (C=O) groups is 1. The maximum atomic E-state index is 10.8. The second-order valence-corrected chi connectivity index (χ2v) is 2.76. The lowest BCUT2D eigenvalue weighted by molar-refractivity contribution is -0.386. The van der Waals surface area contributed by atoms with Gasteiger partial charge in [0, 0.05) is 12.3 Å². The fraction of sp³-hybridized carbons (Fsp3) is 0.333. The lowest BCUT2D eigenvalue weighted by Crippen LogP contribution is -2.09. The van der Waals surface area contributed by atoms with Gasteiger partial charge in [0.1, 0.15) is 6.61 Å². The second-order valence-electron chi connectivity index (χ2n) is 2.76. The third kappa shape index (κ3) is 3.19. The summed E-state index contributed by atoms with van der Waals surface area (Å²) in [5.74, 6) is -0.546. The topological polar surface area (TPSA) is 91.6 Å². The first-order valence-corrected chi connectivity index (χ1v) is 4.44. The number of ether oxygens (including phenoxy) is 2. The molecule has 0 atom stereocenters. The number of hydrogen-bond donors (Lipinski definition) is 0. The molecule has 7 nitrogen and oxygen atoms in total. The van der Waals surface area contributed by atoms with Crippen LogP contribution in [0, 0.1) is 10.1 Å². The Labute approximate surface area is 91.2 Å². The van der Waals surface area contributed by atoms with Crippen LogP contribution >= 0.6 is 0 Å². The SMILES string of the molecule is COC(=O)CCOc1ncccc1[N+](=O)[O-]. The summed E-state index contributed by atoms with van der Waals surface area (Å²) in [6.45, 7) is -0.00940. The maximum absolute atomic E-state index is 10.8. The normalized spacial score (nSPS) is 9.56. The average Bonchev–Trinajstić information content (AvgIpc) is 2.29. The van der Waals surface area contributed by atoms with Gasteiger partial charge >= 0.3 is 11.7 Å². The Balaban J connectivity index is 2.60. The Hall–Kier alpha value is -2.18. The van der Waals surface area contributed by atoms with Gasteiger partial charge in [0.25, 0.3) is 5.88 Å². The van der Waals surface area contributed by atoms with E-state index in [-0.39, 0.29) is 24.6 Å².